The summed E-state index contributed by atoms with van der Waals surface area (Å²) in [6.07, 6.45) is 1.08. The van der Waals surface area contributed by atoms with E-state index in [0.29, 0.717) is 11.3 Å². The average molecular weight is 360 g/mol. The molecule has 0 aliphatic heterocycles. The van der Waals surface area contributed by atoms with Gasteiger partial charge in [-0.25, -0.2) is 8.42 Å². The van der Waals surface area contributed by atoms with Gasteiger partial charge < -0.3 is 5.32 Å². The van der Waals surface area contributed by atoms with Crippen LogP contribution in [0.1, 0.15) is 45.6 Å². The molecule has 6 heteroatoms. The summed E-state index contributed by atoms with van der Waals surface area (Å²) in [5, 5.41) is 2.99. The Morgan fingerprint density at radius 2 is 1.52 bits per heavy atom. The molecule has 1 atom stereocenters. The summed E-state index contributed by atoms with van der Waals surface area (Å²) in [5.41, 5.74) is 5.56. The Morgan fingerprint density at radius 3 is 2.08 bits per heavy atom. The molecule has 5 nitrogen and oxygen atoms in total. The van der Waals surface area contributed by atoms with E-state index in [4.69, 9.17) is 0 Å². The first kappa shape index (κ1) is 19.0. The van der Waals surface area contributed by atoms with Crippen LogP contribution in [0.2, 0.25) is 0 Å². The molecule has 134 valence electrons. The molecule has 2 N–H and O–H groups in total. The van der Waals surface area contributed by atoms with Gasteiger partial charge in [0, 0.05) is 11.3 Å². The predicted molar refractivity (Wildman–Crippen MR) is 101 cm³/mol. The zero-order valence-electron chi connectivity index (χ0n) is 15.2. The quantitative estimate of drug-likeness (QED) is 0.857. The maximum Gasteiger partial charge on any atom is 0.251 e. The fraction of sp³-hybridized carbons (Fsp3) is 0.316. The maximum absolute atomic E-state index is 12.4. The van der Waals surface area contributed by atoms with Crippen molar-refractivity contribution in [3.8, 4) is 0 Å². The van der Waals surface area contributed by atoms with E-state index < -0.39 is 10.0 Å². The molecule has 0 fully saturated rings. The number of hydrogen-bond acceptors (Lipinski definition) is 3. The van der Waals surface area contributed by atoms with Crippen LogP contribution >= 0.6 is 0 Å². The summed E-state index contributed by atoms with van der Waals surface area (Å²) in [7, 11) is -3.33. The van der Waals surface area contributed by atoms with Crippen molar-refractivity contribution in [1.29, 1.82) is 0 Å². The maximum atomic E-state index is 12.4. The van der Waals surface area contributed by atoms with Crippen LogP contribution in [-0.4, -0.2) is 20.6 Å². The van der Waals surface area contributed by atoms with Crippen LogP contribution in [0.3, 0.4) is 0 Å². The van der Waals surface area contributed by atoms with E-state index in [9.17, 15) is 13.2 Å². The molecule has 0 radical (unpaired) electrons. The lowest BCUT2D eigenvalue weighted by Crippen LogP contribution is -2.27. The number of carbonyl (C=O) groups excluding carboxylic acids is 1. The van der Waals surface area contributed by atoms with Crippen LogP contribution in [0.15, 0.2) is 36.4 Å². The number of benzene rings is 2. The summed E-state index contributed by atoms with van der Waals surface area (Å²) < 4.78 is 24.8. The minimum Gasteiger partial charge on any atom is -0.346 e. The second kappa shape index (κ2) is 7.27. The van der Waals surface area contributed by atoms with Crippen LogP contribution in [-0.2, 0) is 10.0 Å². The molecule has 0 unspecified atom stereocenters. The van der Waals surface area contributed by atoms with Gasteiger partial charge in [0.15, 0.2) is 0 Å². The van der Waals surface area contributed by atoms with Gasteiger partial charge in [0.2, 0.25) is 10.0 Å². The van der Waals surface area contributed by atoms with Gasteiger partial charge in [-0.05, 0) is 74.2 Å². The number of amides is 1. The molecule has 0 aliphatic rings. The minimum absolute atomic E-state index is 0.124. The Labute approximate surface area is 149 Å². The lowest BCUT2D eigenvalue weighted by Gasteiger charge is -2.18. The average Bonchev–Trinajstić information content (AvgIpc) is 2.49. The van der Waals surface area contributed by atoms with Crippen LogP contribution in [0.4, 0.5) is 5.69 Å². The molecule has 1 amide bonds. The first-order chi connectivity index (χ1) is 11.6. The van der Waals surface area contributed by atoms with Gasteiger partial charge >= 0.3 is 0 Å². The Bertz CT molecular complexity index is 888. The van der Waals surface area contributed by atoms with Gasteiger partial charge in [-0.1, -0.05) is 12.1 Å². The molecule has 0 saturated carbocycles. The molecule has 25 heavy (non-hydrogen) atoms. The first-order valence-corrected chi connectivity index (χ1v) is 9.92. The highest BCUT2D eigenvalue weighted by atomic mass is 32.2. The van der Waals surface area contributed by atoms with Gasteiger partial charge in [-0.2, -0.15) is 0 Å². The Balaban J connectivity index is 2.12. The molecule has 2 aromatic rings. The monoisotopic (exact) mass is 360 g/mol. The zero-order chi connectivity index (χ0) is 18.8. The van der Waals surface area contributed by atoms with Crippen molar-refractivity contribution in [2.75, 3.05) is 11.0 Å². The van der Waals surface area contributed by atoms with E-state index >= 15 is 0 Å². The molecule has 2 rings (SSSR count). The van der Waals surface area contributed by atoms with Gasteiger partial charge in [-0.15, -0.1) is 0 Å². The van der Waals surface area contributed by atoms with Gasteiger partial charge in [0.1, 0.15) is 0 Å². The lowest BCUT2D eigenvalue weighted by molar-refractivity contribution is 0.0940. The second-order valence-electron chi connectivity index (χ2n) is 6.44. The molecule has 0 heterocycles. The Hall–Kier alpha value is -2.34. The van der Waals surface area contributed by atoms with Gasteiger partial charge in [0.25, 0.3) is 5.91 Å². The van der Waals surface area contributed by atoms with E-state index in [-0.39, 0.29) is 11.9 Å². The first-order valence-electron chi connectivity index (χ1n) is 8.03. The molecule has 0 aromatic heterocycles. The molecular weight excluding hydrogens is 336 g/mol. The predicted octanol–water partition coefficient (Wildman–Crippen LogP) is 3.47. The van der Waals surface area contributed by atoms with E-state index in [1.165, 1.54) is 11.1 Å². The van der Waals surface area contributed by atoms with E-state index in [0.717, 1.165) is 17.4 Å². The molecular formula is C19H24N2O3S. The number of carbonyl (C=O) groups is 1. The summed E-state index contributed by atoms with van der Waals surface area (Å²) in [4.78, 5) is 12.4. The summed E-state index contributed by atoms with van der Waals surface area (Å²) in [5.74, 6) is -0.198. The fourth-order valence-electron chi connectivity index (χ4n) is 2.71. The number of aryl methyl sites for hydroxylation is 3. The van der Waals surface area contributed by atoms with Gasteiger partial charge in [-0.3, -0.25) is 9.52 Å². The number of rotatable bonds is 5. The molecule has 0 spiro atoms. The molecule has 0 saturated heterocycles. The third-order valence-electron chi connectivity index (χ3n) is 4.15. The van der Waals surface area contributed by atoms with Crippen molar-refractivity contribution in [2.45, 2.75) is 33.7 Å². The van der Waals surface area contributed by atoms with Crippen molar-refractivity contribution in [2.24, 2.45) is 0 Å². The van der Waals surface area contributed by atoms with Crippen molar-refractivity contribution in [3.63, 3.8) is 0 Å². The van der Waals surface area contributed by atoms with E-state index in [1.807, 2.05) is 13.8 Å². The van der Waals surface area contributed by atoms with E-state index in [2.05, 4.69) is 36.0 Å². The number of nitrogens with one attached hydrogen (secondary N) is 2. The minimum atomic E-state index is -3.33. The van der Waals surface area contributed by atoms with Crippen molar-refractivity contribution in [1.82, 2.24) is 5.32 Å². The van der Waals surface area contributed by atoms with Crippen molar-refractivity contribution >= 4 is 21.6 Å². The molecule has 2 aromatic carbocycles. The molecule has 0 bridgehead atoms. The Morgan fingerprint density at radius 1 is 0.960 bits per heavy atom. The summed E-state index contributed by atoms with van der Waals surface area (Å²) in [6, 6.07) is 10.4. The fourth-order valence-corrected chi connectivity index (χ4v) is 3.28. The van der Waals surface area contributed by atoms with Crippen LogP contribution in [0, 0.1) is 20.8 Å². The normalized spacial score (nSPS) is 12.5. The summed E-state index contributed by atoms with van der Waals surface area (Å²) in [6.45, 7) is 8.12. The highest BCUT2D eigenvalue weighted by molar-refractivity contribution is 7.92. The second-order valence-corrected chi connectivity index (χ2v) is 8.19. The van der Waals surface area contributed by atoms with Crippen LogP contribution in [0.25, 0.3) is 0 Å². The van der Waals surface area contributed by atoms with Gasteiger partial charge in [0.05, 0.1) is 12.3 Å². The third kappa shape index (κ3) is 5.06. The highest BCUT2D eigenvalue weighted by Crippen LogP contribution is 2.22. The molecule has 0 aliphatic carbocycles. The highest BCUT2D eigenvalue weighted by Gasteiger charge is 2.14. The van der Waals surface area contributed by atoms with Crippen molar-refractivity contribution < 1.29 is 13.2 Å². The largest absolute Gasteiger partial charge is 0.346 e. The summed E-state index contributed by atoms with van der Waals surface area (Å²) >= 11 is 0. The SMILES string of the molecule is Cc1cc(C)c([C@H](C)NC(=O)c2ccc(NS(C)(=O)=O)cc2)cc1C. The smallest absolute Gasteiger partial charge is 0.251 e. The number of sulfonamides is 1. The Kier molecular flexibility index (Phi) is 5.52. The zero-order valence-corrected chi connectivity index (χ0v) is 16.0. The lowest BCUT2D eigenvalue weighted by atomic mass is 9.96. The standard InChI is InChI=1S/C19H24N2O3S/c1-12-10-14(3)18(11-13(12)2)15(4)20-19(22)16-6-8-17(9-7-16)21-25(5,23)24/h6-11,15,21H,1-5H3,(H,20,22)/t15-/m0/s1. The van der Waals surface area contributed by atoms with Crippen molar-refractivity contribution in [3.05, 3.63) is 64.2 Å². The topological polar surface area (TPSA) is 75.3 Å². The van der Waals surface area contributed by atoms with Crippen LogP contribution < -0.4 is 10.0 Å². The van der Waals surface area contributed by atoms with E-state index in [1.54, 1.807) is 24.3 Å². The number of hydrogen-bond donors (Lipinski definition) is 2. The third-order valence-corrected chi connectivity index (χ3v) is 4.75. The number of anilines is 1. The van der Waals surface area contributed by atoms with Crippen LogP contribution in [0.5, 0.6) is 0 Å².